The molecular formula is C21H25Y2-. The Morgan fingerprint density at radius 1 is 0.826 bits per heavy atom. The van der Waals surface area contributed by atoms with Crippen molar-refractivity contribution >= 4 is 0 Å². The second-order valence-electron chi connectivity index (χ2n) is 6.65. The molecule has 0 saturated heterocycles. The number of hydrogen-bond acceptors (Lipinski definition) is 0. The standard InChI is InChI=1S/C21H25.2Y/c1-17-7-9-18(10-8-17)11-12-19-13-15-21(16-14-19)20-5-3-2-4-6-20;;/h3-6,13-18H,7-12H2,1H3;;/q-1;;. The molecule has 0 bridgehead atoms. The molecule has 0 aliphatic heterocycles. The Hall–Kier alpha value is 0.648. The predicted octanol–water partition coefficient (Wildman–Crippen LogP) is 5.91. The van der Waals surface area contributed by atoms with E-state index in [1.165, 1.54) is 55.2 Å². The van der Waals surface area contributed by atoms with Gasteiger partial charge in [0.25, 0.3) is 0 Å². The summed E-state index contributed by atoms with van der Waals surface area (Å²) < 4.78 is 0. The van der Waals surface area contributed by atoms with Crippen LogP contribution in [-0.4, -0.2) is 0 Å². The zero-order valence-electron chi connectivity index (χ0n) is 14.2. The van der Waals surface area contributed by atoms with Gasteiger partial charge in [-0.05, 0) is 35.8 Å². The van der Waals surface area contributed by atoms with Gasteiger partial charge >= 0.3 is 0 Å². The maximum absolute atomic E-state index is 3.07. The van der Waals surface area contributed by atoms with E-state index in [9.17, 15) is 0 Å². The average Bonchev–Trinajstić information content (AvgIpc) is 2.56. The molecule has 0 nitrogen and oxygen atoms in total. The van der Waals surface area contributed by atoms with E-state index in [-0.39, 0.29) is 65.4 Å². The summed E-state index contributed by atoms with van der Waals surface area (Å²) in [6.45, 7) is 2.40. The van der Waals surface area contributed by atoms with Gasteiger partial charge in [0.2, 0.25) is 0 Å². The van der Waals surface area contributed by atoms with Gasteiger partial charge in [0.15, 0.2) is 0 Å². The number of rotatable bonds is 4. The molecule has 0 amide bonds. The van der Waals surface area contributed by atoms with Crippen LogP contribution in [0.3, 0.4) is 0 Å². The molecule has 0 heterocycles. The summed E-state index contributed by atoms with van der Waals surface area (Å²) in [4.78, 5) is 0. The van der Waals surface area contributed by atoms with Gasteiger partial charge in [-0.2, -0.15) is 30.3 Å². The van der Waals surface area contributed by atoms with Gasteiger partial charge in [-0.25, -0.2) is 0 Å². The molecule has 3 rings (SSSR count). The monoisotopic (exact) mass is 455 g/mol. The third-order valence-corrected chi connectivity index (χ3v) is 4.98. The van der Waals surface area contributed by atoms with Crippen LogP contribution in [0.1, 0.15) is 44.6 Å². The van der Waals surface area contributed by atoms with E-state index in [0.29, 0.717) is 0 Å². The smallest absolute Gasteiger partial charge is 0 e. The van der Waals surface area contributed by atoms with Crippen molar-refractivity contribution in [3.05, 3.63) is 60.2 Å². The van der Waals surface area contributed by atoms with Gasteiger partial charge in [-0.3, -0.25) is 0 Å². The Morgan fingerprint density at radius 2 is 1.39 bits per heavy atom. The number of benzene rings is 2. The molecule has 0 aromatic heterocycles. The van der Waals surface area contributed by atoms with E-state index in [2.05, 4.69) is 49.4 Å². The van der Waals surface area contributed by atoms with Crippen LogP contribution in [0.2, 0.25) is 0 Å². The quantitative estimate of drug-likeness (QED) is 0.504. The Morgan fingerprint density at radius 3 is 2.00 bits per heavy atom. The van der Waals surface area contributed by atoms with Gasteiger partial charge in [0.05, 0.1) is 0 Å². The van der Waals surface area contributed by atoms with Crippen molar-refractivity contribution in [3.8, 4) is 11.1 Å². The molecule has 2 aromatic rings. The minimum absolute atomic E-state index is 0. The summed E-state index contributed by atoms with van der Waals surface area (Å²) in [6.07, 6.45) is 8.37. The molecule has 0 atom stereocenters. The zero-order valence-corrected chi connectivity index (χ0v) is 19.8. The van der Waals surface area contributed by atoms with Crippen LogP contribution < -0.4 is 0 Å². The van der Waals surface area contributed by atoms with Gasteiger partial charge < -0.3 is 0 Å². The number of hydrogen-bond donors (Lipinski definition) is 0. The van der Waals surface area contributed by atoms with Crippen LogP contribution in [0, 0.1) is 17.9 Å². The normalized spacial score (nSPS) is 20.2. The Kier molecular flexibility index (Phi) is 10.7. The van der Waals surface area contributed by atoms with Gasteiger partial charge in [0, 0.05) is 65.4 Å². The van der Waals surface area contributed by atoms with Crippen LogP contribution in [-0.2, 0) is 71.8 Å². The largest absolute Gasteiger partial charge is 0.184 e. The van der Waals surface area contributed by atoms with Gasteiger partial charge in [0.1, 0.15) is 0 Å². The third kappa shape index (κ3) is 6.81. The summed E-state index contributed by atoms with van der Waals surface area (Å²) in [5.41, 5.74) is 4.07. The van der Waals surface area contributed by atoms with Crippen molar-refractivity contribution in [2.24, 2.45) is 11.8 Å². The summed E-state index contributed by atoms with van der Waals surface area (Å²) in [7, 11) is 0. The average molecular weight is 455 g/mol. The van der Waals surface area contributed by atoms with Crippen LogP contribution >= 0.6 is 0 Å². The van der Waals surface area contributed by atoms with E-state index in [4.69, 9.17) is 0 Å². The molecule has 0 N–H and O–H groups in total. The maximum atomic E-state index is 3.07. The fourth-order valence-corrected chi connectivity index (χ4v) is 3.43. The van der Waals surface area contributed by atoms with E-state index >= 15 is 0 Å². The SMILES string of the molecule is CC1CCC(CCc2ccc(-c3cc[c-]cc3)cc2)CC1.[Y].[Y]. The summed E-state index contributed by atoms with van der Waals surface area (Å²) in [6, 6.07) is 20.4. The molecular weight excluding hydrogens is 430 g/mol. The molecule has 1 aliphatic carbocycles. The van der Waals surface area contributed by atoms with Crippen molar-refractivity contribution in [3.63, 3.8) is 0 Å². The first-order chi connectivity index (χ1) is 10.3. The van der Waals surface area contributed by atoms with E-state index in [1.807, 2.05) is 12.1 Å². The van der Waals surface area contributed by atoms with Crippen molar-refractivity contribution in [2.75, 3.05) is 0 Å². The molecule has 1 fully saturated rings. The van der Waals surface area contributed by atoms with Crippen molar-refractivity contribution in [1.29, 1.82) is 0 Å². The minimum atomic E-state index is 0. The molecule has 23 heavy (non-hydrogen) atoms. The van der Waals surface area contributed by atoms with Crippen molar-refractivity contribution < 1.29 is 65.4 Å². The molecule has 0 spiro atoms. The van der Waals surface area contributed by atoms with Crippen LogP contribution in [0.15, 0.2) is 48.5 Å². The van der Waals surface area contributed by atoms with Crippen LogP contribution in [0.5, 0.6) is 0 Å². The zero-order chi connectivity index (χ0) is 14.5. The number of aryl methyl sites for hydroxylation is 1. The Labute approximate surface area is 192 Å². The van der Waals surface area contributed by atoms with E-state index < -0.39 is 0 Å². The topological polar surface area (TPSA) is 0 Å². The molecule has 2 aromatic carbocycles. The van der Waals surface area contributed by atoms with Crippen LogP contribution in [0.4, 0.5) is 0 Å². The molecule has 2 heteroatoms. The Balaban J connectivity index is 0.00000132. The van der Waals surface area contributed by atoms with Crippen molar-refractivity contribution in [1.82, 2.24) is 0 Å². The van der Waals surface area contributed by atoms with Gasteiger partial charge in [-0.1, -0.05) is 56.9 Å². The second-order valence-corrected chi connectivity index (χ2v) is 6.65. The van der Waals surface area contributed by atoms with Gasteiger partial charge in [-0.15, -0.1) is 5.56 Å². The fourth-order valence-electron chi connectivity index (χ4n) is 3.43. The van der Waals surface area contributed by atoms with Crippen molar-refractivity contribution in [2.45, 2.75) is 45.4 Å². The molecule has 116 valence electrons. The molecule has 2 radical (unpaired) electrons. The van der Waals surface area contributed by atoms with E-state index in [1.54, 1.807) is 0 Å². The Bertz CT molecular complexity index is 540. The molecule has 0 unspecified atom stereocenters. The summed E-state index contributed by atoms with van der Waals surface area (Å²) in [5, 5.41) is 0. The second kappa shape index (κ2) is 11.3. The van der Waals surface area contributed by atoms with E-state index in [0.717, 1.165) is 11.8 Å². The molecule has 1 saturated carbocycles. The fraction of sp³-hybridized carbons (Fsp3) is 0.429. The molecule has 1 aliphatic rings. The first kappa shape index (κ1) is 21.7. The minimum Gasteiger partial charge on any atom is -0.184 e. The van der Waals surface area contributed by atoms with Crippen LogP contribution in [0.25, 0.3) is 11.1 Å². The first-order valence-corrected chi connectivity index (χ1v) is 8.36. The third-order valence-electron chi connectivity index (χ3n) is 4.98. The predicted molar refractivity (Wildman–Crippen MR) is 90.2 cm³/mol. The first-order valence-electron chi connectivity index (χ1n) is 8.36. The maximum Gasteiger partial charge on any atom is 0 e. The summed E-state index contributed by atoms with van der Waals surface area (Å²) in [5.74, 6) is 1.93. The summed E-state index contributed by atoms with van der Waals surface area (Å²) >= 11 is 0.